The molecule has 0 aliphatic carbocycles. The molecule has 0 saturated carbocycles. The molecule has 2 rings (SSSR count). The van der Waals surface area contributed by atoms with Gasteiger partial charge in [-0.05, 0) is 42.7 Å². The Bertz CT molecular complexity index is 660. The van der Waals surface area contributed by atoms with Crippen LogP contribution >= 0.6 is 0 Å². The van der Waals surface area contributed by atoms with Crippen molar-refractivity contribution in [3.05, 3.63) is 53.1 Å². The van der Waals surface area contributed by atoms with Gasteiger partial charge in [0.15, 0.2) is 0 Å². The predicted molar refractivity (Wildman–Crippen MR) is 83.6 cm³/mol. The van der Waals surface area contributed by atoms with Crippen LogP contribution in [0, 0.1) is 6.92 Å². The van der Waals surface area contributed by atoms with Gasteiger partial charge in [0.05, 0.1) is 12.7 Å². The first-order chi connectivity index (χ1) is 10.1. The van der Waals surface area contributed by atoms with Gasteiger partial charge in [0.2, 0.25) is 0 Å². The average Bonchev–Trinajstić information content (AvgIpc) is 2.48. The Morgan fingerprint density at radius 2 is 1.90 bits per heavy atom. The van der Waals surface area contributed by atoms with Gasteiger partial charge >= 0.3 is 5.97 Å². The molecule has 0 saturated heterocycles. The van der Waals surface area contributed by atoms with E-state index in [1.807, 2.05) is 19.1 Å². The fourth-order valence-electron chi connectivity index (χ4n) is 2.46. The summed E-state index contributed by atoms with van der Waals surface area (Å²) in [7, 11) is 1.35. The molecule has 3 heteroatoms. The Hall–Kier alpha value is -2.29. The van der Waals surface area contributed by atoms with Crippen molar-refractivity contribution in [2.45, 2.75) is 26.7 Å². The molecule has 1 N–H and O–H groups in total. The van der Waals surface area contributed by atoms with E-state index in [0.717, 1.165) is 18.4 Å². The molecule has 0 atom stereocenters. The number of carbonyl (C=O) groups is 1. The molecular weight excluding hydrogens is 264 g/mol. The van der Waals surface area contributed by atoms with Crippen LogP contribution < -0.4 is 0 Å². The Kier molecular flexibility index (Phi) is 4.63. The second-order valence-corrected chi connectivity index (χ2v) is 5.13. The van der Waals surface area contributed by atoms with Crippen molar-refractivity contribution in [3.63, 3.8) is 0 Å². The molecular formula is C18H20O3. The maximum atomic E-state index is 11.7. The van der Waals surface area contributed by atoms with Gasteiger partial charge in [0.1, 0.15) is 5.75 Å². The maximum Gasteiger partial charge on any atom is 0.337 e. The van der Waals surface area contributed by atoms with Crippen molar-refractivity contribution >= 4 is 5.97 Å². The van der Waals surface area contributed by atoms with Crippen molar-refractivity contribution in [3.8, 4) is 16.9 Å². The van der Waals surface area contributed by atoms with E-state index in [1.54, 1.807) is 12.1 Å². The molecule has 2 aromatic carbocycles. The van der Waals surface area contributed by atoms with Gasteiger partial charge in [-0.2, -0.15) is 0 Å². The van der Waals surface area contributed by atoms with Crippen molar-refractivity contribution in [1.82, 2.24) is 0 Å². The summed E-state index contributed by atoms with van der Waals surface area (Å²) < 4.78 is 4.74. The molecule has 0 amide bonds. The summed E-state index contributed by atoms with van der Waals surface area (Å²) in [6.07, 6.45) is 1.95. The molecule has 21 heavy (non-hydrogen) atoms. The van der Waals surface area contributed by atoms with Crippen LogP contribution in [0.2, 0.25) is 0 Å². The molecule has 0 aliphatic heterocycles. The zero-order chi connectivity index (χ0) is 15.4. The molecule has 0 unspecified atom stereocenters. The number of rotatable bonds is 4. The smallest absolute Gasteiger partial charge is 0.337 e. The van der Waals surface area contributed by atoms with Crippen LogP contribution in [0.5, 0.6) is 5.75 Å². The summed E-state index contributed by atoms with van der Waals surface area (Å²) in [5.41, 5.74) is 4.43. The number of phenols is 1. The van der Waals surface area contributed by atoms with Crippen LogP contribution in [0.15, 0.2) is 36.4 Å². The van der Waals surface area contributed by atoms with Crippen LogP contribution in [0.3, 0.4) is 0 Å². The summed E-state index contributed by atoms with van der Waals surface area (Å²) in [5.74, 6) is -0.232. The van der Waals surface area contributed by atoms with E-state index >= 15 is 0 Å². The third-order valence-electron chi connectivity index (χ3n) is 3.49. The van der Waals surface area contributed by atoms with Crippen molar-refractivity contribution in [1.29, 1.82) is 0 Å². The number of aryl methyl sites for hydroxylation is 2. The molecule has 0 aromatic heterocycles. The molecule has 0 fully saturated rings. The highest BCUT2D eigenvalue weighted by Gasteiger charge is 2.13. The second kappa shape index (κ2) is 6.44. The van der Waals surface area contributed by atoms with Crippen LogP contribution in [0.25, 0.3) is 11.1 Å². The Labute approximate surface area is 125 Å². The first kappa shape index (κ1) is 15.1. The van der Waals surface area contributed by atoms with Gasteiger partial charge in [-0.25, -0.2) is 4.79 Å². The molecule has 110 valence electrons. The van der Waals surface area contributed by atoms with Gasteiger partial charge in [-0.1, -0.05) is 37.1 Å². The lowest BCUT2D eigenvalue weighted by molar-refractivity contribution is 0.0601. The van der Waals surface area contributed by atoms with Crippen molar-refractivity contribution < 1.29 is 14.6 Å². The Morgan fingerprint density at radius 1 is 1.14 bits per heavy atom. The highest BCUT2D eigenvalue weighted by atomic mass is 16.5. The maximum absolute atomic E-state index is 11.7. The van der Waals surface area contributed by atoms with Crippen LogP contribution in [0.4, 0.5) is 0 Å². The largest absolute Gasteiger partial charge is 0.507 e. The van der Waals surface area contributed by atoms with Crippen molar-refractivity contribution in [2.75, 3.05) is 7.11 Å². The van der Waals surface area contributed by atoms with Gasteiger partial charge in [0, 0.05) is 5.56 Å². The number of phenolic OH excluding ortho intramolecular Hbond substituents is 1. The lowest BCUT2D eigenvalue weighted by atomic mass is 9.93. The summed E-state index contributed by atoms with van der Waals surface area (Å²) in [6, 6.07) is 10.9. The van der Waals surface area contributed by atoms with E-state index in [1.165, 1.54) is 24.3 Å². The van der Waals surface area contributed by atoms with E-state index in [0.29, 0.717) is 11.1 Å². The minimum absolute atomic E-state index is 0.170. The van der Waals surface area contributed by atoms with Gasteiger partial charge < -0.3 is 9.84 Å². The normalized spacial score (nSPS) is 10.4. The van der Waals surface area contributed by atoms with Crippen LogP contribution in [-0.4, -0.2) is 18.2 Å². The molecule has 2 aromatic rings. The third kappa shape index (κ3) is 3.24. The van der Waals surface area contributed by atoms with Crippen molar-refractivity contribution in [2.24, 2.45) is 0 Å². The minimum Gasteiger partial charge on any atom is -0.507 e. The van der Waals surface area contributed by atoms with E-state index in [-0.39, 0.29) is 5.75 Å². The minimum atomic E-state index is -0.402. The molecule has 0 aliphatic rings. The zero-order valence-corrected chi connectivity index (χ0v) is 12.6. The van der Waals surface area contributed by atoms with E-state index in [2.05, 4.69) is 13.0 Å². The summed E-state index contributed by atoms with van der Waals surface area (Å²) in [5, 5.41) is 10.2. The number of ether oxygens (including phenoxy) is 1. The molecule has 3 nitrogen and oxygen atoms in total. The number of hydrogen-bond donors (Lipinski definition) is 1. The quantitative estimate of drug-likeness (QED) is 0.859. The molecule has 0 bridgehead atoms. The summed E-state index contributed by atoms with van der Waals surface area (Å²) >= 11 is 0. The van der Waals surface area contributed by atoms with Crippen LogP contribution in [-0.2, 0) is 11.2 Å². The fraction of sp³-hybridized carbons (Fsp3) is 0.278. The molecule has 0 spiro atoms. The first-order valence-corrected chi connectivity index (χ1v) is 7.08. The number of carbonyl (C=O) groups excluding carboxylic acids is 1. The first-order valence-electron chi connectivity index (χ1n) is 7.08. The lowest BCUT2D eigenvalue weighted by Crippen LogP contribution is -2.01. The van der Waals surface area contributed by atoms with E-state index in [4.69, 9.17) is 4.74 Å². The van der Waals surface area contributed by atoms with Crippen LogP contribution in [0.1, 0.15) is 34.8 Å². The number of benzene rings is 2. The third-order valence-corrected chi connectivity index (χ3v) is 3.49. The van der Waals surface area contributed by atoms with Gasteiger partial charge in [-0.3, -0.25) is 0 Å². The Balaban J connectivity index is 2.58. The summed E-state index contributed by atoms with van der Waals surface area (Å²) in [6.45, 7) is 4.17. The van der Waals surface area contributed by atoms with E-state index in [9.17, 15) is 9.90 Å². The fourth-order valence-corrected chi connectivity index (χ4v) is 2.46. The summed E-state index contributed by atoms with van der Waals surface area (Å²) in [4.78, 5) is 11.7. The second-order valence-electron chi connectivity index (χ2n) is 5.13. The number of hydrogen-bond acceptors (Lipinski definition) is 3. The number of methoxy groups -OCH3 is 1. The number of aromatic hydroxyl groups is 1. The average molecular weight is 284 g/mol. The number of esters is 1. The molecule has 0 radical (unpaired) electrons. The predicted octanol–water partition coefficient (Wildman–Crippen LogP) is 4.11. The highest BCUT2D eigenvalue weighted by molar-refractivity contribution is 5.92. The highest BCUT2D eigenvalue weighted by Crippen LogP contribution is 2.33. The monoisotopic (exact) mass is 284 g/mol. The molecule has 0 heterocycles. The SMILES string of the molecule is CCCc1cc(C)ccc1-c1cc(C(=O)OC)ccc1O. The van der Waals surface area contributed by atoms with Gasteiger partial charge in [0.25, 0.3) is 0 Å². The Morgan fingerprint density at radius 3 is 2.57 bits per heavy atom. The topological polar surface area (TPSA) is 46.5 Å². The zero-order valence-electron chi connectivity index (χ0n) is 12.6. The van der Waals surface area contributed by atoms with E-state index < -0.39 is 5.97 Å². The lowest BCUT2D eigenvalue weighted by Gasteiger charge is -2.13. The van der Waals surface area contributed by atoms with Gasteiger partial charge in [-0.15, -0.1) is 0 Å². The standard InChI is InChI=1S/C18H20O3/c1-4-5-13-10-12(2)6-8-15(13)16-11-14(18(20)21-3)7-9-17(16)19/h6-11,19H,4-5H2,1-3H3.